The normalized spacial score (nSPS) is 15.6. The van der Waals surface area contributed by atoms with E-state index >= 15 is 0 Å². The van der Waals surface area contributed by atoms with Crippen LogP contribution in [0.4, 0.5) is 11.4 Å². The SMILES string of the molecule is CCN1CCN(c2ccc(N[C@H](C)C(=O)NCc3ccc(OC)cc3)cc2)CC1. The average Bonchev–Trinajstić information content (AvgIpc) is 2.78. The number of piperazine rings is 1. The standard InChI is InChI=1S/C23H32N4O2/c1-4-26-13-15-27(16-14-26)21-9-7-20(8-10-21)25-18(2)23(28)24-17-19-5-11-22(29-3)12-6-19/h5-12,18,25H,4,13-17H2,1-3H3,(H,24,28)/t18-/m1/s1. The zero-order valence-electron chi connectivity index (χ0n) is 17.6. The van der Waals surface area contributed by atoms with Crippen molar-refractivity contribution in [3.05, 3.63) is 54.1 Å². The van der Waals surface area contributed by atoms with E-state index in [-0.39, 0.29) is 11.9 Å². The minimum atomic E-state index is -0.313. The average molecular weight is 397 g/mol. The van der Waals surface area contributed by atoms with Gasteiger partial charge in [0.2, 0.25) is 5.91 Å². The molecule has 2 N–H and O–H groups in total. The zero-order chi connectivity index (χ0) is 20.6. The molecule has 2 aromatic carbocycles. The molecule has 0 bridgehead atoms. The lowest BCUT2D eigenvalue weighted by molar-refractivity contribution is -0.121. The molecule has 0 radical (unpaired) electrons. The van der Waals surface area contributed by atoms with Gasteiger partial charge in [-0.05, 0) is 55.4 Å². The number of anilines is 2. The molecule has 1 aliphatic heterocycles. The van der Waals surface area contributed by atoms with Crippen LogP contribution < -0.4 is 20.3 Å². The van der Waals surface area contributed by atoms with Gasteiger partial charge < -0.3 is 25.2 Å². The summed E-state index contributed by atoms with van der Waals surface area (Å²) in [5, 5.41) is 6.26. The highest BCUT2D eigenvalue weighted by molar-refractivity contribution is 5.84. The maximum atomic E-state index is 12.4. The summed E-state index contributed by atoms with van der Waals surface area (Å²) in [7, 11) is 1.64. The molecule has 0 spiro atoms. The van der Waals surface area contributed by atoms with Crippen LogP contribution in [-0.2, 0) is 11.3 Å². The van der Waals surface area contributed by atoms with Gasteiger partial charge in [-0.2, -0.15) is 0 Å². The topological polar surface area (TPSA) is 56.8 Å². The van der Waals surface area contributed by atoms with Gasteiger partial charge in [0, 0.05) is 44.1 Å². The molecule has 1 amide bonds. The molecule has 0 saturated carbocycles. The Kier molecular flexibility index (Phi) is 7.36. The lowest BCUT2D eigenvalue weighted by Gasteiger charge is -2.35. The zero-order valence-corrected chi connectivity index (χ0v) is 17.6. The number of rotatable bonds is 8. The van der Waals surface area contributed by atoms with E-state index in [4.69, 9.17) is 4.74 Å². The van der Waals surface area contributed by atoms with Crippen molar-refractivity contribution in [1.82, 2.24) is 10.2 Å². The second-order valence-electron chi connectivity index (χ2n) is 7.40. The van der Waals surface area contributed by atoms with E-state index in [1.807, 2.05) is 31.2 Å². The Labute approximate surface area is 173 Å². The molecule has 0 aromatic heterocycles. The Morgan fingerprint density at radius 2 is 1.69 bits per heavy atom. The van der Waals surface area contributed by atoms with Crippen LogP contribution in [0.2, 0.25) is 0 Å². The molecule has 1 atom stereocenters. The van der Waals surface area contributed by atoms with Crippen LogP contribution in [0, 0.1) is 0 Å². The third-order valence-corrected chi connectivity index (χ3v) is 5.45. The van der Waals surface area contributed by atoms with Gasteiger partial charge >= 0.3 is 0 Å². The minimum Gasteiger partial charge on any atom is -0.497 e. The number of likely N-dealkylation sites (N-methyl/N-ethyl adjacent to an activating group) is 1. The van der Waals surface area contributed by atoms with E-state index in [0.29, 0.717) is 6.54 Å². The largest absolute Gasteiger partial charge is 0.497 e. The van der Waals surface area contributed by atoms with Crippen molar-refractivity contribution < 1.29 is 9.53 Å². The van der Waals surface area contributed by atoms with Crippen molar-refractivity contribution in [3.8, 4) is 5.75 Å². The monoisotopic (exact) mass is 396 g/mol. The number of benzene rings is 2. The van der Waals surface area contributed by atoms with Crippen LogP contribution in [0.1, 0.15) is 19.4 Å². The van der Waals surface area contributed by atoms with E-state index < -0.39 is 0 Å². The first-order valence-electron chi connectivity index (χ1n) is 10.3. The summed E-state index contributed by atoms with van der Waals surface area (Å²) < 4.78 is 5.15. The number of hydrogen-bond acceptors (Lipinski definition) is 5. The van der Waals surface area contributed by atoms with Crippen molar-refractivity contribution in [2.45, 2.75) is 26.4 Å². The van der Waals surface area contributed by atoms with Gasteiger partial charge in [0.1, 0.15) is 11.8 Å². The van der Waals surface area contributed by atoms with Gasteiger partial charge in [-0.25, -0.2) is 0 Å². The van der Waals surface area contributed by atoms with Crippen LogP contribution in [0.15, 0.2) is 48.5 Å². The fourth-order valence-corrected chi connectivity index (χ4v) is 3.49. The summed E-state index contributed by atoms with van der Waals surface area (Å²) >= 11 is 0. The number of ether oxygens (including phenoxy) is 1. The van der Waals surface area contributed by atoms with E-state index in [1.165, 1.54) is 5.69 Å². The highest BCUT2D eigenvalue weighted by Gasteiger charge is 2.16. The summed E-state index contributed by atoms with van der Waals surface area (Å²) in [5.41, 5.74) is 3.23. The summed E-state index contributed by atoms with van der Waals surface area (Å²) in [5.74, 6) is 0.784. The number of carbonyl (C=O) groups is 1. The van der Waals surface area contributed by atoms with Crippen LogP contribution in [-0.4, -0.2) is 56.7 Å². The Morgan fingerprint density at radius 3 is 2.28 bits per heavy atom. The van der Waals surface area contributed by atoms with Crippen molar-refractivity contribution in [1.29, 1.82) is 0 Å². The van der Waals surface area contributed by atoms with E-state index in [2.05, 4.69) is 51.6 Å². The second-order valence-corrected chi connectivity index (χ2v) is 7.40. The number of hydrogen-bond donors (Lipinski definition) is 2. The van der Waals surface area contributed by atoms with Crippen LogP contribution in [0.3, 0.4) is 0 Å². The highest BCUT2D eigenvalue weighted by Crippen LogP contribution is 2.20. The molecule has 3 rings (SSSR count). The fourth-order valence-electron chi connectivity index (χ4n) is 3.49. The summed E-state index contributed by atoms with van der Waals surface area (Å²) in [6.07, 6.45) is 0. The predicted molar refractivity (Wildman–Crippen MR) is 119 cm³/mol. The van der Waals surface area contributed by atoms with E-state index in [0.717, 1.165) is 49.7 Å². The van der Waals surface area contributed by atoms with Gasteiger partial charge in [-0.1, -0.05) is 19.1 Å². The molecule has 1 aliphatic rings. The highest BCUT2D eigenvalue weighted by atomic mass is 16.5. The maximum absolute atomic E-state index is 12.4. The Morgan fingerprint density at radius 1 is 1.03 bits per heavy atom. The number of nitrogens with one attached hydrogen (secondary N) is 2. The molecule has 29 heavy (non-hydrogen) atoms. The number of methoxy groups -OCH3 is 1. The first-order chi connectivity index (χ1) is 14.1. The molecule has 1 fully saturated rings. The second kappa shape index (κ2) is 10.2. The van der Waals surface area contributed by atoms with Crippen LogP contribution in [0.5, 0.6) is 5.75 Å². The molecule has 2 aromatic rings. The third kappa shape index (κ3) is 5.87. The van der Waals surface area contributed by atoms with Gasteiger partial charge in [-0.15, -0.1) is 0 Å². The quantitative estimate of drug-likeness (QED) is 0.719. The molecule has 0 unspecified atom stereocenters. The Hall–Kier alpha value is -2.73. The fraction of sp³-hybridized carbons (Fsp3) is 0.435. The summed E-state index contributed by atoms with van der Waals surface area (Å²) in [4.78, 5) is 17.3. The number of nitrogens with zero attached hydrogens (tertiary/aromatic N) is 2. The number of carbonyl (C=O) groups excluding carboxylic acids is 1. The number of amides is 1. The van der Waals surface area contributed by atoms with Crippen molar-refractivity contribution in [2.75, 3.05) is 50.1 Å². The van der Waals surface area contributed by atoms with E-state index in [9.17, 15) is 4.79 Å². The Balaban J connectivity index is 1.46. The van der Waals surface area contributed by atoms with E-state index in [1.54, 1.807) is 7.11 Å². The van der Waals surface area contributed by atoms with Crippen molar-refractivity contribution in [3.63, 3.8) is 0 Å². The molecule has 1 heterocycles. The van der Waals surface area contributed by atoms with Crippen molar-refractivity contribution in [2.24, 2.45) is 0 Å². The minimum absolute atomic E-state index is 0.0272. The Bertz CT molecular complexity index is 768. The molecular formula is C23H32N4O2. The smallest absolute Gasteiger partial charge is 0.242 e. The van der Waals surface area contributed by atoms with Gasteiger partial charge in [-0.3, -0.25) is 4.79 Å². The van der Waals surface area contributed by atoms with Crippen LogP contribution >= 0.6 is 0 Å². The summed E-state index contributed by atoms with van der Waals surface area (Å²) in [6.45, 7) is 10.1. The molecule has 6 heteroatoms. The molecule has 0 aliphatic carbocycles. The predicted octanol–water partition coefficient (Wildman–Crippen LogP) is 2.95. The first-order valence-corrected chi connectivity index (χ1v) is 10.3. The molecule has 156 valence electrons. The van der Waals surface area contributed by atoms with Crippen molar-refractivity contribution >= 4 is 17.3 Å². The van der Waals surface area contributed by atoms with Gasteiger partial charge in [0.05, 0.1) is 7.11 Å². The molecule has 6 nitrogen and oxygen atoms in total. The first kappa shape index (κ1) is 21.0. The molecule has 1 saturated heterocycles. The van der Waals surface area contributed by atoms with Gasteiger partial charge in [0.15, 0.2) is 0 Å². The lowest BCUT2D eigenvalue weighted by atomic mass is 10.2. The maximum Gasteiger partial charge on any atom is 0.242 e. The third-order valence-electron chi connectivity index (χ3n) is 5.45. The molecular weight excluding hydrogens is 364 g/mol. The van der Waals surface area contributed by atoms with Gasteiger partial charge in [0.25, 0.3) is 0 Å². The lowest BCUT2D eigenvalue weighted by Crippen LogP contribution is -2.46. The summed E-state index contributed by atoms with van der Waals surface area (Å²) in [6, 6.07) is 15.8. The van der Waals surface area contributed by atoms with Crippen LogP contribution in [0.25, 0.3) is 0 Å².